The van der Waals surface area contributed by atoms with Gasteiger partial charge in [0.15, 0.2) is 0 Å². The number of ether oxygens (including phenoxy) is 1. The molecule has 1 aromatic heterocycles. The molecule has 29 heavy (non-hydrogen) atoms. The summed E-state index contributed by atoms with van der Waals surface area (Å²) in [6.45, 7) is 6.42. The summed E-state index contributed by atoms with van der Waals surface area (Å²) in [5.74, 6) is 1.76. The first-order chi connectivity index (χ1) is 13.9. The smallest absolute Gasteiger partial charge is 0.250 e. The Bertz CT molecular complexity index is 1020. The zero-order valence-electron chi connectivity index (χ0n) is 17.2. The summed E-state index contributed by atoms with van der Waals surface area (Å²) >= 11 is 0. The van der Waals surface area contributed by atoms with Crippen molar-refractivity contribution in [3.05, 3.63) is 63.6 Å². The van der Waals surface area contributed by atoms with E-state index in [9.17, 15) is 9.59 Å². The van der Waals surface area contributed by atoms with Gasteiger partial charge in [-0.05, 0) is 62.3 Å². The van der Waals surface area contributed by atoms with E-state index in [-0.39, 0.29) is 23.0 Å². The van der Waals surface area contributed by atoms with Gasteiger partial charge in [0.2, 0.25) is 5.91 Å². The number of fused-ring (bicyclic) bond motifs is 5. The van der Waals surface area contributed by atoms with Crippen molar-refractivity contribution in [2.24, 2.45) is 5.92 Å². The molecule has 1 amide bonds. The number of hydrogen-bond donors (Lipinski definition) is 0. The molecule has 3 aliphatic heterocycles. The summed E-state index contributed by atoms with van der Waals surface area (Å²) in [6, 6.07) is 11.7. The van der Waals surface area contributed by atoms with Gasteiger partial charge in [0, 0.05) is 37.3 Å². The molecule has 0 spiro atoms. The standard InChI is InChI=1S/C24H28N2O3/c1-24(2)9-8-18-10-16(6-7-21(18)29-24)12-23(28)25-13-17-11-19(15-25)20-4-3-5-22(27)26(20)14-17/h3-7,10,17,19H,8-9,11-15H2,1-2H3/t17-,19+/m1/s1. The highest BCUT2D eigenvalue weighted by molar-refractivity contribution is 5.79. The minimum atomic E-state index is -0.117. The lowest BCUT2D eigenvalue weighted by Gasteiger charge is -2.42. The van der Waals surface area contributed by atoms with Crippen LogP contribution < -0.4 is 10.3 Å². The van der Waals surface area contributed by atoms with Gasteiger partial charge in [0.1, 0.15) is 11.4 Å². The number of aromatic nitrogens is 1. The number of rotatable bonds is 2. The molecule has 0 aliphatic carbocycles. The zero-order valence-corrected chi connectivity index (χ0v) is 17.2. The summed E-state index contributed by atoms with van der Waals surface area (Å²) in [5.41, 5.74) is 3.31. The van der Waals surface area contributed by atoms with Crippen LogP contribution in [0.1, 0.15) is 49.4 Å². The third-order valence-corrected chi connectivity index (χ3v) is 6.70. The topological polar surface area (TPSA) is 51.5 Å². The number of likely N-dealkylation sites (tertiary alicyclic amines) is 1. The molecule has 0 N–H and O–H groups in total. The molecule has 0 unspecified atom stereocenters. The Morgan fingerprint density at radius 1 is 1.17 bits per heavy atom. The Hall–Kier alpha value is -2.56. The Morgan fingerprint density at radius 3 is 2.90 bits per heavy atom. The molecule has 1 fully saturated rings. The summed E-state index contributed by atoms with van der Waals surface area (Å²) < 4.78 is 7.97. The number of carbonyl (C=O) groups is 1. The van der Waals surface area contributed by atoms with E-state index in [1.165, 1.54) is 5.56 Å². The van der Waals surface area contributed by atoms with Crippen LogP contribution in [0.5, 0.6) is 5.75 Å². The molecule has 0 saturated carbocycles. The van der Waals surface area contributed by atoms with Crippen LogP contribution >= 0.6 is 0 Å². The maximum Gasteiger partial charge on any atom is 0.250 e. The molecule has 2 bridgehead atoms. The van der Waals surface area contributed by atoms with Gasteiger partial charge in [-0.3, -0.25) is 9.59 Å². The van der Waals surface area contributed by atoms with Gasteiger partial charge >= 0.3 is 0 Å². The SMILES string of the molecule is CC1(C)CCc2cc(CC(=O)N3C[C@H]4C[C@@H](C3)c3cccc(=O)n3C4)ccc2O1. The number of piperidine rings is 1. The molecule has 5 heteroatoms. The van der Waals surface area contributed by atoms with E-state index in [1.54, 1.807) is 6.07 Å². The normalized spacial score (nSPS) is 24.3. The quantitative estimate of drug-likeness (QED) is 0.789. The Kier molecular flexibility index (Phi) is 4.30. The van der Waals surface area contributed by atoms with Gasteiger partial charge in [0.05, 0.1) is 6.42 Å². The van der Waals surface area contributed by atoms with E-state index in [0.29, 0.717) is 18.9 Å². The van der Waals surface area contributed by atoms with Gasteiger partial charge < -0.3 is 14.2 Å². The molecule has 5 rings (SSSR count). The summed E-state index contributed by atoms with van der Waals surface area (Å²) in [4.78, 5) is 27.3. The largest absolute Gasteiger partial charge is 0.488 e. The number of aryl methyl sites for hydroxylation is 1. The van der Waals surface area contributed by atoms with Gasteiger partial charge in [-0.25, -0.2) is 0 Å². The molecule has 2 aromatic rings. The number of amides is 1. The third kappa shape index (κ3) is 3.47. The number of pyridine rings is 1. The van der Waals surface area contributed by atoms with E-state index in [1.807, 2.05) is 33.7 Å². The number of carbonyl (C=O) groups excluding carboxylic acids is 1. The van der Waals surface area contributed by atoms with E-state index < -0.39 is 0 Å². The first-order valence-electron chi connectivity index (χ1n) is 10.7. The van der Waals surface area contributed by atoms with Crippen molar-refractivity contribution in [1.82, 2.24) is 9.47 Å². The van der Waals surface area contributed by atoms with Crippen LogP contribution in [-0.4, -0.2) is 34.1 Å². The first kappa shape index (κ1) is 18.5. The van der Waals surface area contributed by atoms with Crippen molar-refractivity contribution >= 4 is 5.91 Å². The van der Waals surface area contributed by atoms with Crippen LogP contribution in [0.3, 0.4) is 0 Å². The van der Waals surface area contributed by atoms with Gasteiger partial charge in [0.25, 0.3) is 5.56 Å². The predicted octanol–water partition coefficient (Wildman–Crippen LogP) is 3.14. The van der Waals surface area contributed by atoms with Crippen molar-refractivity contribution < 1.29 is 9.53 Å². The summed E-state index contributed by atoms with van der Waals surface area (Å²) in [6.07, 6.45) is 3.48. The Morgan fingerprint density at radius 2 is 2.03 bits per heavy atom. The Balaban J connectivity index is 1.31. The minimum absolute atomic E-state index is 0.0800. The molecule has 5 nitrogen and oxygen atoms in total. The molecule has 3 aliphatic rings. The van der Waals surface area contributed by atoms with Crippen LogP contribution in [0.4, 0.5) is 0 Å². The van der Waals surface area contributed by atoms with Crippen LogP contribution in [-0.2, 0) is 24.2 Å². The van der Waals surface area contributed by atoms with Gasteiger partial charge in [-0.15, -0.1) is 0 Å². The van der Waals surface area contributed by atoms with Gasteiger partial charge in [-0.1, -0.05) is 18.2 Å². The first-order valence-corrected chi connectivity index (χ1v) is 10.7. The second-order valence-electron chi connectivity index (χ2n) is 9.48. The lowest BCUT2D eigenvalue weighted by Crippen LogP contribution is -2.49. The van der Waals surface area contributed by atoms with Crippen LogP contribution in [0.15, 0.2) is 41.2 Å². The van der Waals surface area contributed by atoms with Crippen molar-refractivity contribution in [2.75, 3.05) is 13.1 Å². The van der Waals surface area contributed by atoms with E-state index in [4.69, 9.17) is 4.74 Å². The van der Waals surface area contributed by atoms with Crippen molar-refractivity contribution in [3.63, 3.8) is 0 Å². The molecule has 2 atom stereocenters. The monoisotopic (exact) mass is 392 g/mol. The highest BCUT2D eigenvalue weighted by Crippen LogP contribution is 2.36. The molecule has 152 valence electrons. The van der Waals surface area contributed by atoms with Crippen LogP contribution in [0, 0.1) is 5.92 Å². The average Bonchev–Trinajstić information content (AvgIpc) is 2.68. The van der Waals surface area contributed by atoms with E-state index in [0.717, 1.165) is 49.4 Å². The molecular formula is C24H28N2O3. The maximum absolute atomic E-state index is 13.1. The fourth-order valence-electron chi connectivity index (χ4n) is 5.21. The minimum Gasteiger partial charge on any atom is -0.488 e. The fraction of sp³-hybridized carbons (Fsp3) is 0.500. The number of benzene rings is 1. The van der Waals surface area contributed by atoms with Crippen molar-refractivity contribution in [1.29, 1.82) is 0 Å². The van der Waals surface area contributed by atoms with E-state index in [2.05, 4.69) is 19.9 Å². The van der Waals surface area contributed by atoms with Crippen LogP contribution in [0.25, 0.3) is 0 Å². The second-order valence-corrected chi connectivity index (χ2v) is 9.48. The molecule has 0 radical (unpaired) electrons. The zero-order chi connectivity index (χ0) is 20.2. The van der Waals surface area contributed by atoms with Gasteiger partial charge in [-0.2, -0.15) is 0 Å². The van der Waals surface area contributed by atoms with Crippen molar-refractivity contribution in [3.8, 4) is 5.75 Å². The highest BCUT2D eigenvalue weighted by Gasteiger charge is 2.36. The lowest BCUT2D eigenvalue weighted by molar-refractivity contribution is -0.133. The maximum atomic E-state index is 13.1. The Labute approximate surface area is 171 Å². The molecule has 4 heterocycles. The number of hydrogen-bond acceptors (Lipinski definition) is 3. The van der Waals surface area contributed by atoms with Crippen LogP contribution in [0.2, 0.25) is 0 Å². The average molecular weight is 392 g/mol. The third-order valence-electron chi connectivity index (χ3n) is 6.70. The molecule has 1 aromatic carbocycles. The summed E-state index contributed by atoms with van der Waals surface area (Å²) in [7, 11) is 0. The molecule has 1 saturated heterocycles. The second kappa shape index (κ2) is 6.75. The lowest BCUT2D eigenvalue weighted by atomic mass is 9.83. The summed E-state index contributed by atoms with van der Waals surface area (Å²) in [5, 5.41) is 0. The predicted molar refractivity (Wildman–Crippen MR) is 111 cm³/mol. The molecular weight excluding hydrogens is 364 g/mol. The van der Waals surface area contributed by atoms with Crippen molar-refractivity contribution in [2.45, 2.75) is 57.6 Å². The highest BCUT2D eigenvalue weighted by atomic mass is 16.5. The number of nitrogens with zero attached hydrogens (tertiary/aromatic N) is 2. The fourth-order valence-corrected chi connectivity index (χ4v) is 5.21. The van der Waals surface area contributed by atoms with E-state index >= 15 is 0 Å².